The first kappa shape index (κ1) is 26.3. The van der Waals surface area contributed by atoms with E-state index < -0.39 is 12.2 Å². The summed E-state index contributed by atoms with van der Waals surface area (Å²) in [7, 11) is 4.52. The molecule has 0 saturated carbocycles. The third kappa shape index (κ3) is 3.72. The lowest BCUT2D eigenvalue weighted by Crippen LogP contribution is -2.25. The van der Waals surface area contributed by atoms with Gasteiger partial charge in [0.05, 0.1) is 57.5 Å². The molecular weight excluding hydrogens is 516 g/mol. The first-order valence-corrected chi connectivity index (χ1v) is 13.1. The van der Waals surface area contributed by atoms with Gasteiger partial charge in [0.2, 0.25) is 0 Å². The molecule has 0 bridgehead atoms. The van der Waals surface area contributed by atoms with Crippen molar-refractivity contribution in [3.63, 3.8) is 0 Å². The van der Waals surface area contributed by atoms with Crippen LogP contribution in [-0.2, 0) is 29.1 Å². The van der Waals surface area contributed by atoms with E-state index in [9.17, 15) is 20.4 Å². The Balaban J connectivity index is 1.84. The number of rotatable bonds is 4. The van der Waals surface area contributed by atoms with Crippen molar-refractivity contribution in [2.24, 2.45) is 0 Å². The van der Waals surface area contributed by atoms with Crippen LogP contribution in [0.3, 0.4) is 0 Å². The van der Waals surface area contributed by atoms with Crippen molar-refractivity contribution >= 4 is 21.5 Å². The minimum atomic E-state index is -0.987. The molecule has 9 heteroatoms. The molecule has 40 heavy (non-hydrogen) atoms. The fourth-order valence-corrected chi connectivity index (χ4v) is 6.14. The zero-order chi connectivity index (χ0) is 28.5. The molecule has 0 saturated heterocycles. The van der Waals surface area contributed by atoms with Crippen LogP contribution in [0.25, 0.3) is 32.7 Å². The van der Waals surface area contributed by atoms with E-state index in [1.165, 1.54) is 20.3 Å². The normalized spacial score (nSPS) is 20.3. The number of phenols is 3. The number of phenolic OH excluding ortho intramolecular Hbond substituents is 3. The summed E-state index contributed by atoms with van der Waals surface area (Å²) in [6, 6.07) is 6.75. The first-order valence-electron chi connectivity index (χ1n) is 13.1. The van der Waals surface area contributed by atoms with Crippen molar-refractivity contribution < 1.29 is 44.1 Å². The quantitative estimate of drug-likeness (QED) is 0.272. The Hall–Kier alpha value is -3.92. The number of aliphatic hydroxyl groups is 1. The summed E-state index contributed by atoms with van der Waals surface area (Å²) in [6.07, 6.45) is -1.16. The average Bonchev–Trinajstić information content (AvgIpc) is 2.95. The third-order valence-corrected chi connectivity index (χ3v) is 8.20. The smallest absolute Gasteiger partial charge is 0.134 e. The summed E-state index contributed by atoms with van der Waals surface area (Å²) in [5.41, 5.74) is 3.45. The van der Waals surface area contributed by atoms with Gasteiger partial charge in [0.15, 0.2) is 0 Å². The number of ether oxygens (including phenoxy) is 5. The van der Waals surface area contributed by atoms with Gasteiger partial charge in [-0.3, -0.25) is 0 Å². The van der Waals surface area contributed by atoms with Crippen LogP contribution in [0.2, 0.25) is 0 Å². The van der Waals surface area contributed by atoms with E-state index in [1.807, 2.05) is 6.92 Å². The van der Waals surface area contributed by atoms with Crippen molar-refractivity contribution in [3.8, 4) is 45.6 Å². The molecule has 0 unspecified atom stereocenters. The molecule has 0 aliphatic carbocycles. The van der Waals surface area contributed by atoms with E-state index >= 15 is 0 Å². The molecule has 2 heterocycles. The predicted molar refractivity (Wildman–Crippen MR) is 149 cm³/mol. The maximum Gasteiger partial charge on any atom is 0.134 e. The van der Waals surface area contributed by atoms with Gasteiger partial charge in [-0.15, -0.1) is 0 Å². The average molecular weight is 549 g/mol. The van der Waals surface area contributed by atoms with Crippen LogP contribution in [0.15, 0.2) is 24.3 Å². The number of hydrogen-bond acceptors (Lipinski definition) is 9. The van der Waals surface area contributed by atoms with Gasteiger partial charge in [-0.1, -0.05) is 0 Å². The maximum absolute atomic E-state index is 11.6. The number of benzene rings is 4. The van der Waals surface area contributed by atoms with E-state index in [2.05, 4.69) is 0 Å². The van der Waals surface area contributed by atoms with Crippen molar-refractivity contribution in [3.05, 3.63) is 46.5 Å². The molecular formula is C31H32O9. The van der Waals surface area contributed by atoms with E-state index in [-0.39, 0.29) is 42.3 Å². The van der Waals surface area contributed by atoms with Crippen LogP contribution in [0, 0.1) is 0 Å². The van der Waals surface area contributed by atoms with Gasteiger partial charge in [-0.05, 0) is 49.1 Å². The summed E-state index contributed by atoms with van der Waals surface area (Å²) in [4.78, 5) is 0. The van der Waals surface area contributed by atoms with Crippen LogP contribution in [-0.4, -0.2) is 54.0 Å². The minimum absolute atomic E-state index is 0.0408. The van der Waals surface area contributed by atoms with E-state index in [4.69, 9.17) is 23.7 Å². The molecule has 9 nitrogen and oxygen atoms in total. The zero-order valence-electron chi connectivity index (χ0n) is 23.0. The van der Waals surface area contributed by atoms with Crippen molar-refractivity contribution in [2.45, 2.75) is 51.8 Å². The molecule has 0 aromatic heterocycles. The molecule has 210 valence electrons. The molecule has 6 rings (SSSR count). The lowest BCUT2D eigenvalue weighted by Gasteiger charge is -2.31. The van der Waals surface area contributed by atoms with Gasteiger partial charge in [0, 0.05) is 39.6 Å². The fraction of sp³-hybridized carbons (Fsp3) is 0.355. The number of methoxy groups -OCH3 is 3. The van der Waals surface area contributed by atoms with Gasteiger partial charge in [0.1, 0.15) is 40.6 Å². The highest BCUT2D eigenvalue weighted by atomic mass is 16.5. The first-order chi connectivity index (χ1) is 19.2. The van der Waals surface area contributed by atoms with Crippen molar-refractivity contribution in [1.29, 1.82) is 0 Å². The molecule has 4 aromatic rings. The highest BCUT2D eigenvalue weighted by Gasteiger charge is 2.34. The molecule has 2 aliphatic heterocycles. The summed E-state index contributed by atoms with van der Waals surface area (Å²) >= 11 is 0. The number of aliphatic hydroxyl groups excluding tert-OH is 1. The van der Waals surface area contributed by atoms with Crippen LogP contribution in [0.5, 0.6) is 34.5 Å². The Morgan fingerprint density at radius 1 is 0.725 bits per heavy atom. The third-order valence-electron chi connectivity index (χ3n) is 8.20. The zero-order valence-corrected chi connectivity index (χ0v) is 23.0. The van der Waals surface area contributed by atoms with E-state index in [0.29, 0.717) is 67.3 Å². The van der Waals surface area contributed by atoms with Crippen LogP contribution >= 0.6 is 0 Å². The largest absolute Gasteiger partial charge is 0.507 e. The Morgan fingerprint density at radius 3 is 2.02 bits per heavy atom. The Bertz CT molecular complexity index is 1680. The highest BCUT2D eigenvalue weighted by Crippen LogP contribution is 2.54. The van der Waals surface area contributed by atoms with Gasteiger partial charge in [0.25, 0.3) is 0 Å². The molecule has 4 aromatic carbocycles. The Morgan fingerprint density at radius 2 is 1.35 bits per heavy atom. The highest BCUT2D eigenvalue weighted by molar-refractivity contribution is 6.15. The molecule has 0 amide bonds. The van der Waals surface area contributed by atoms with Crippen LogP contribution in [0.1, 0.15) is 42.2 Å². The minimum Gasteiger partial charge on any atom is -0.507 e. The van der Waals surface area contributed by atoms with E-state index in [0.717, 1.165) is 5.56 Å². The van der Waals surface area contributed by atoms with Gasteiger partial charge >= 0.3 is 0 Å². The molecule has 0 radical (unpaired) electrons. The lowest BCUT2D eigenvalue weighted by molar-refractivity contribution is -0.0530. The number of hydrogen-bond donors (Lipinski definition) is 4. The SMILES string of the molecule is COc1cc(OC)c2c(O)c3c(c(-c4c(O)cc(OC)c5c(O)c6c(cc45)[C@@H](O)[C@H](C)OC6)c2c1)C[C@H](C)OC3. The van der Waals surface area contributed by atoms with E-state index in [1.54, 1.807) is 32.2 Å². The lowest BCUT2D eigenvalue weighted by atomic mass is 9.81. The molecule has 0 fully saturated rings. The second-order valence-corrected chi connectivity index (χ2v) is 10.4. The maximum atomic E-state index is 11.6. The summed E-state index contributed by atoms with van der Waals surface area (Å²) in [6.45, 7) is 4.01. The summed E-state index contributed by atoms with van der Waals surface area (Å²) in [5, 5.41) is 47.6. The van der Waals surface area contributed by atoms with Gasteiger partial charge in [-0.25, -0.2) is 0 Å². The molecule has 0 spiro atoms. The summed E-state index contributed by atoms with van der Waals surface area (Å²) < 4.78 is 28.5. The van der Waals surface area contributed by atoms with Gasteiger partial charge in [-0.2, -0.15) is 0 Å². The topological polar surface area (TPSA) is 127 Å². The monoisotopic (exact) mass is 548 g/mol. The number of fused-ring (bicyclic) bond motifs is 4. The number of aromatic hydroxyl groups is 3. The predicted octanol–water partition coefficient (Wildman–Crippen LogP) is 5.22. The van der Waals surface area contributed by atoms with Crippen molar-refractivity contribution in [2.75, 3.05) is 21.3 Å². The van der Waals surface area contributed by atoms with Crippen LogP contribution < -0.4 is 14.2 Å². The summed E-state index contributed by atoms with van der Waals surface area (Å²) in [5.74, 6) is 1.04. The molecule has 2 aliphatic rings. The second kappa shape index (κ2) is 9.62. The van der Waals surface area contributed by atoms with Crippen LogP contribution in [0.4, 0.5) is 0 Å². The molecule has 4 N–H and O–H groups in total. The fourth-order valence-electron chi connectivity index (χ4n) is 6.14. The Kier molecular flexibility index (Phi) is 6.33. The van der Waals surface area contributed by atoms with Gasteiger partial charge < -0.3 is 44.1 Å². The Labute approximate surface area is 231 Å². The standard InChI is InChI=1S/C31H32O9/c1-13-6-16-20(11-39-13)30(34)27-18(7-15(36-3)8-23(27)37-4)25(16)26-19-9-17-21(12-40-14(2)29(17)33)31(35)28(19)24(38-5)10-22(26)32/h7-10,13-14,29,32-35H,6,11-12H2,1-5H3/t13-,14-,29-/m0/s1. The second-order valence-electron chi connectivity index (χ2n) is 10.4. The van der Waals surface area contributed by atoms with Crippen molar-refractivity contribution in [1.82, 2.24) is 0 Å². The molecule has 3 atom stereocenters.